The van der Waals surface area contributed by atoms with Crippen molar-refractivity contribution < 1.29 is 0 Å². The van der Waals surface area contributed by atoms with Crippen LogP contribution in [0, 0.1) is 5.92 Å². The van der Waals surface area contributed by atoms with E-state index in [9.17, 15) is 0 Å². The minimum Gasteiger partial charge on any atom is -0.312 e. The summed E-state index contributed by atoms with van der Waals surface area (Å²) in [4.78, 5) is 5.81. The summed E-state index contributed by atoms with van der Waals surface area (Å²) in [6.07, 6.45) is 4.34. The van der Waals surface area contributed by atoms with Crippen LogP contribution in [-0.2, 0) is 0 Å². The van der Waals surface area contributed by atoms with Crippen molar-refractivity contribution >= 4 is 11.8 Å². The fourth-order valence-electron chi connectivity index (χ4n) is 1.66. The molecule has 2 nitrogen and oxygen atoms in total. The van der Waals surface area contributed by atoms with Gasteiger partial charge in [-0.05, 0) is 43.7 Å². The molecular formula is C14H24N2S. The molecule has 0 bridgehead atoms. The lowest BCUT2D eigenvalue weighted by molar-refractivity contribution is 0.561. The number of nitrogens with one attached hydrogen (secondary N) is 1. The van der Waals surface area contributed by atoms with Crippen molar-refractivity contribution in [2.75, 3.05) is 12.8 Å². The summed E-state index contributed by atoms with van der Waals surface area (Å²) in [6.45, 7) is 6.70. The van der Waals surface area contributed by atoms with Gasteiger partial charge < -0.3 is 5.32 Å². The van der Waals surface area contributed by atoms with E-state index in [1.165, 1.54) is 17.1 Å². The van der Waals surface area contributed by atoms with Crippen LogP contribution in [0.2, 0.25) is 0 Å². The van der Waals surface area contributed by atoms with Gasteiger partial charge in [0.2, 0.25) is 0 Å². The van der Waals surface area contributed by atoms with Crippen LogP contribution in [-0.4, -0.2) is 17.8 Å². The van der Waals surface area contributed by atoms with Gasteiger partial charge in [0.15, 0.2) is 0 Å². The summed E-state index contributed by atoms with van der Waals surface area (Å²) in [7, 11) is 1.99. The van der Waals surface area contributed by atoms with Crippen LogP contribution in [0.1, 0.15) is 45.3 Å². The monoisotopic (exact) mass is 252 g/mol. The van der Waals surface area contributed by atoms with E-state index in [2.05, 4.69) is 43.2 Å². The van der Waals surface area contributed by atoms with Gasteiger partial charge in [0.05, 0.1) is 5.69 Å². The first kappa shape index (κ1) is 14.5. The first-order valence-electron chi connectivity index (χ1n) is 6.43. The minimum atomic E-state index is 0.379. The molecule has 1 N–H and O–H groups in total. The van der Waals surface area contributed by atoms with Crippen molar-refractivity contribution in [2.24, 2.45) is 5.92 Å². The molecule has 1 heterocycles. The zero-order valence-corrected chi connectivity index (χ0v) is 12.2. The number of nitrogens with zero attached hydrogens (tertiary/aromatic N) is 1. The van der Waals surface area contributed by atoms with E-state index in [-0.39, 0.29) is 0 Å². The highest BCUT2D eigenvalue weighted by Gasteiger charge is 2.07. The average molecular weight is 252 g/mol. The zero-order chi connectivity index (χ0) is 12.7. The van der Waals surface area contributed by atoms with Crippen molar-refractivity contribution in [3.8, 4) is 0 Å². The van der Waals surface area contributed by atoms with Crippen molar-refractivity contribution in [2.45, 2.75) is 44.6 Å². The Bertz CT molecular complexity index is 305. The first-order chi connectivity index (χ1) is 8.17. The second kappa shape index (κ2) is 7.72. The van der Waals surface area contributed by atoms with Gasteiger partial charge in [0.1, 0.15) is 0 Å². The first-order valence-corrected chi connectivity index (χ1v) is 7.42. The number of rotatable bonds is 7. The van der Waals surface area contributed by atoms with Crippen LogP contribution in [0.4, 0.5) is 0 Å². The van der Waals surface area contributed by atoms with E-state index in [4.69, 9.17) is 0 Å². The molecule has 0 aliphatic carbocycles. The molecule has 3 heteroatoms. The van der Waals surface area contributed by atoms with Gasteiger partial charge in [0.25, 0.3) is 0 Å². The normalized spacial score (nSPS) is 13.0. The molecule has 17 heavy (non-hydrogen) atoms. The van der Waals surface area contributed by atoms with E-state index in [1.54, 1.807) is 0 Å². The third kappa shape index (κ3) is 5.09. The number of hydrogen-bond donors (Lipinski definition) is 1. The van der Waals surface area contributed by atoms with Crippen molar-refractivity contribution in [1.29, 1.82) is 0 Å². The summed E-state index contributed by atoms with van der Waals surface area (Å²) in [5.74, 6) is 1.96. The van der Waals surface area contributed by atoms with Crippen molar-refractivity contribution in [1.82, 2.24) is 10.3 Å². The summed E-state index contributed by atoms with van der Waals surface area (Å²) in [5.41, 5.74) is 1.14. The maximum Gasteiger partial charge on any atom is 0.0573 e. The maximum absolute atomic E-state index is 4.54. The van der Waals surface area contributed by atoms with Crippen molar-refractivity contribution in [3.05, 3.63) is 24.0 Å². The van der Waals surface area contributed by atoms with E-state index < -0.39 is 0 Å². The van der Waals surface area contributed by atoms with Gasteiger partial charge in [-0.1, -0.05) is 20.8 Å². The molecule has 0 saturated carbocycles. The zero-order valence-electron chi connectivity index (χ0n) is 11.4. The fourth-order valence-corrected chi connectivity index (χ4v) is 2.77. The molecule has 0 saturated heterocycles. The SMILES string of the molecule is CCC(NC)c1ccc(SCCC(C)C)cn1. The Balaban J connectivity index is 2.49. The Morgan fingerprint density at radius 1 is 1.35 bits per heavy atom. The van der Waals surface area contributed by atoms with Gasteiger partial charge in [-0.3, -0.25) is 4.98 Å². The van der Waals surface area contributed by atoms with Crippen molar-refractivity contribution in [3.63, 3.8) is 0 Å². The lowest BCUT2D eigenvalue weighted by Crippen LogP contribution is -2.16. The van der Waals surface area contributed by atoms with Gasteiger partial charge in [-0.15, -0.1) is 11.8 Å². The van der Waals surface area contributed by atoms with Crippen LogP contribution < -0.4 is 5.32 Å². The van der Waals surface area contributed by atoms with Gasteiger partial charge in [0, 0.05) is 17.1 Å². The molecule has 0 radical (unpaired) electrons. The Hall–Kier alpha value is -0.540. The molecule has 0 amide bonds. The predicted octanol–water partition coefficient (Wildman–Crippen LogP) is 3.89. The molecule has 0 fully saturated rings. The lowest BCUT2D eigenvalue weighted by Gasteiger charge is -2.13. The van der Waals surface area contributed by atoms with Gasteiger partial charge >= 0.3 is 0 Å². The van der Waals surface area contributed by atoms with E-state index in [1.807, 2.05) is 25.0 Å². The third-order valence-electron chi connectivity index (χ3n) is 2.84. The molecule has 1 aromatic rings. The molecular weight excluding hydrogens is 228 g/mol. The molecule has 1 atom stereocenters. The number of aromatic nitrogens is 1. The minimum absolute atomic E-state index is 0.379. The third-order valence-corrected chi connectivity index (χ3v) is 3.85. The van der Waals surface area contributed by atoms with Crippen LogP contribution in [0.15, 0.2) is 23.2 Å². The highest BCUT2D eigenvalue weighted by molar-refractivity contribution is 7.99. The highest BCUT2D eigenvalue weighted by atomic mass is 32.2. The number of thioether (sulfide) groups is 1. The van der Waals surface area contributed by atoms with Gasteiger partial charge in [-0.25, -0.2) is 0 Å². The standard InChI is InChI=1S/C14H24N2S/c1-5-13(15-4)14-7-6-12(10-16-14)17-9-8-11(2)3/h6-7,10-11,13,15H,5,8-9H2,1-4H3. The van der Waals surface area contributed by atoms with Crippen LogP contribution in [0.3, 0.4) is 0 Å². The quantitative estimate of drug-likeness (QED) is 0.745. The lowest BCUT2D eigenvalue weighted by atomic mass is 10.1. The van der Waals surface area contributed by atoms with Crippen LogP contribution in [0.5, 0.6) is 0 Å². The predicted molar refractivity (Wildman–Crippen MR) is 76.5 cm³/mol. The highest BCUT2D eigenvalue weighted by Crippen LogP contribution is 2.21. The molecule has 96 valence electrons. The second-order valence-corrected chi connectivity index (χ2v) is 5.87. The van der Waals surface area contributed by atoms with E-state index in [0.717, 1.165) is 18.0 Å². The molecule has 1 aromatic heterocycles. The van der Waals surface area contributed by atoms with Gasteiger partial charge in [-0.2, -0.15) is 0 Å². The van der Waals surface area contributed by atoms with Crippen LogP contribution in [0.25, 0.3) is 0 Å². The number of hydrogen-bond acceptors (Lipinski definition) is 3. The topological polar surface area (TPSA) is 24.9 Å². The molecule has 0 aromatic carbocycles. The molecule has 1 unspecified atom stereocenters. The maximum atomic E-state index is 4.54. The molecule has 1 rings (SSSR count). The molecule has 0 aliphatic rings. The smallest absolute Gasteiger partial charge is 0.0573 e. The largest absolute Gasteiger partial charge is 0.312 e. The second-order valence-electron chi connectivity index (χ2n) is 4.70. The summed E-state index contributed by atoms with van der Waals surface area (Å²) in [5, 5.41) is 3.28. The molecule has 0 aliphatic heterocycles. The molecule has 0 spiro atoms. The summed E-state index contributed by atoms with van der Waals surface area (Å²) >= 11 is 1.90. The Kier molecular flexibility index (Phi) is 6.60. The van der Waals surface area contributed by atoms with E-state index >= 15 is 0 Å². The Labute approximate surface area is 110 Å². The van der Waals surface area contributed by atoms with E-state index in [0.29, 0.717) is 6.04 Å². The Morgan fingerprint density at radius 2 is 2.12 bits per heavy atom. The summed E-state index contributed by atoms with van der Waals surface area (Å²) in [6, 6.07) is 4.71. The Morgan fingerprint density at radius 3 is 2.59 bits per heavy atom. The summed E-state index contributed by atoms with van der Waals surface area (Å²) < 4.78 is 0. The number of pyridine rings is 1. The average Bonchev–Trinajstić information content (AvgIpc) is 2.32. The fraction of sp³-hybridized carbons (Fsp3) is 0.643. The van der Waals surface area contributed by atoms with Crippen LogP contribution >= 0.6 is 11.8 Å².